The van der Waals surface area contributed by atoms with Crippen molar-refractivity contribution in [3.63, 3.8) is 0 Å². The van der Waals surface area contributed by atoms with Gasteiger partial charge in [0.25, 0.3) is 0 Å². The maximum absolute atomic E-state index is 12.7. The standard InChI is InChI=1S/C23H33N3O3.ClH/c1-29-21-9-5-3-7-17(21)15-22(27)26-12-10-18(11-13-26)24-23(28)20-14-16-6-2-4-8-19(16)25-20;/h3,5,7,9,16,18-20,25H,2,4,6,8,10-15H2,1H3,(H,24,28);1H. The molecule has 3 fully saturated rings. The number of hydrogen-bond acceptors (Lipinski definition) is 4. The number of halogens is 1. The Labute approximate surface area is 185 Å². The molecule has 0 spiro atoms. The van der Waals surface area contributed by atoms with Gasteiger partial charge in [-0.15, -0.1) is 12.4 Å². The van der Waals surface area contributed by atoms with E-state index in [1.807, 2.05) is 29.2 Å². The number of hydrogen-bond donors (Lipinski definition) is 2. The molecule has 3 aliphatic rings. The van der Waals surface area contributed by atoms with E-state index in [0.717, 1.165) is 30.6 Å². The molecule has 0 radical (unpaired) electrons. The molecule has 1 saturated carbocycles. The van der Waals surface area contributed by atoms with Crippen LogP contribution in [0.15, 0.2) is 24.3 Å². The van der Waals surface area contributed by atoms with Gasteiger partial charge < -0.3 is 20.3 Å². The summed E-state index contributed by atoms with van der Waals surface area (Å²) < 4.78 is 5.35. The molecular formula is C23H34ClN3O3. The zero-order valence-electron chi connectivity index (χ0n) is 17.8. The number of rotatable bonds is 5. The zero-order chi connectivity index (χ0) is 20.2. The van der Waals surface area contributed by atoms with Crippen molar-refractivity contribution < 1.29 is 14.3 Å². The monoisotopic (exact) mass is 435 g/mol. The first-order valence-electron chi connectivity index (χ1n) is 11.1. The molecule has 4 rings (SSSR count). The Bertz CT molecular complexity index is 722. The molecule has 3 atom stereocenters. The number of nitrogens with zero attached hydrogens (tertiary/aromatic N) is 1. The smallest absolute Gasteiger partial charge is 0.237 e. The molecule has 2 N–H and O–H groups in total. The third kappa shape index (κ3) is 5.27. The largest absolute Gasteiger partial charge is 0.496 e. The molecule has 30 heavy (non-hydrogen) atoms. The summed E-state index contributed by atoms with van der Waals surface area (Å²) in [4.78, 5) is 27.3. The molecule has 7 heteroatoms. The van der Waals surface area contributed by atoms with Crippen molar-refractivity contribution in [1.82, 2.24) is 15.5 Å². The van der Waals surface area contributed by atoms with Gasteiger partial charge in [0.2, 0.25) is 11.8 Å². The Morgan fingerprint density at radius 1 is 1.13 bits per heavy atom. The lowest BCUT2D eigenvalue weighted by atomic mass is 9.85. The summed E-state index contributed by atoms with van der Waals surface area (Å²) in [5.74, 6) is 1.71. The van der Waals surface area contributed by atoms with Crippen LogP contribution in [0.4, 0.5) is 0 Å². The van der Waals surface area contributed by atoms with E-state index in [-0.39, 0.29) is 36.3 Å². The molecule has 0 bridgehead atoms. The highest BCUT2D eigenvalue weighted by Crippen LogP contribution is 2.33. The molecule has 1 aliphatic carbocycles. The molecule has 2 heterocycles. The van der Waals surface area contributed by atoms with Gasteiger partial charge in [0, 0.05) is 30.7 Å². The number of para-hydroxylation sites is 1. The van der Waals surface area contributed by atoms with E-state index in [1.165, 1.54) is 25.7 Å². The molecule has 6 nitrogen and oxygen atoms in total. The van der Waals surface area contributed by atoms with E-state index in [9.17, 15) is 9.59 Å². The van der Waals surface area contributed by atoms with Crippen molar-refractivity contribution in [2.45, 2.75) is 69.5 Å². The first-order valence-corrected chi connectivity index (χ1v) is 11.1. The van der Waals surface area contributed by atoms with Gasteiger partial charge in [-0.1, -0.05) is 31.0 Å². The van der Waals surface area contributed by atoms with Crippen LogP contribution in [0.2, 0.25) is 0 Å². The van der Waals surface area contributed by atoms with E-state index >= 15 is 0 Å². The van der Waals surface area contributed by atoms with E-state index < -0.39 is 0 Å². The van der Waals surface area contributed by atoms with Crippen LogP contribution >= 0.6 is 12.4 Å². The molecule has 2 saturated heterocycles. The lowest BCUT2D eigenvalue weighted by Crippen LogP contribution is -2.51. The number of methoxy groups -OCH3 is 1. The minimum Gasteiger partial charge on any atom is -0.496 e. The molecule has 0 aromatic heterocycles. The number of ether oxygens (including phenoxy) is 1. The third-order valence-corrected chi connectivity index (χ3v) is 6.91. The Balaban J connectivity index is 0.00000256. The van der Waals surface area contributed by atoms with Crippen LogP contribution < -0.4 is 15.4 Å². The fourth-order valence-electron chi connectivity index (χ4n) is 5.22. The topological polar surface area (TPSA) is 70.7 Å². The van der Waals surface area contributed by atoms with Gasteiger partial charge in [-0.3, -0.25) is 9.59 Å². The van der Waals surface area contributed by atoms with Gasteiger partial charge in [0.15, 0.2) is 0 Å². The van der Waals surface area contributed by atoms with Crippen molar-refractivity contribution in [2.75, 3.05) is 20.2 Å². The van der Waals surface area contributed by atoms with Crippen molar-refractivity contribution in [3.05, 3.63) is 29.8 Å². The van der Waals surface area contributed by atoms with Crippen molar-refractivity contribution in [2.24, 2.45) is 5.92 Å². The molecule has 1 aromatic rings. The van der Waals surface area contributed by atoms with Crippen molar-refractivity contribution in [1.29, 1.82) is 0 Å². The second-order valence-electron chi connectivity index (χ2n) is 8.76. The van der Waals surface area contributed by atoms with Gasteiger partial charge >= 0.3 is 0 Å². The summed E-state index contributed by atoms with van der Waals surface area (Å²) >= 11 is 0. The van der Waals surface area contributed by atoms with Crippen LogP contribution in [0.3, 0.4) is 0 Å². The Hall–Kier alpha value is -1.79. The van der Waals surface area contributed by atoms with Crippen molar-refractivity contribution in [3.8, 4) is 5.75 Å². The number of nitrogens with one attached hydrogen (secondary N) is 2. The summed E-state index contributed by atoms with van der Waals surface area (Å²) in [6, 6.07) is 8.34. The number of piperidine rings is 1. The van der Waals surface area contributed by atoms with E-state index in [4.69, 9.17) is 4.74 Å². The van der Waals surface area contributed by atoms with E-state index in [1.54, 1.807) is 7.11 Å². The first-order chi connectivity index (χ1) is 14.1. The maximum atomic E-state index is 12.7. The lowest BCUT2D eigenvalue weighted by Gasteiger charge is -2.33. The average Bonchev–Trinajstić information content (AvgIpc) is 3.19. The molecule has 1 aromatic carbocycles. The third-order valence-electron chi connectivity index (χ3n) is 6.91. The van der Waals surface area contributed by atoms with Gasteiger partial charge in [-0.25, -0.2) is 0 Å². The fourth-order valence-corrected chi connectivity index (χ4v) is 5.22. The highest BCUT2D eigenvalue weighted by atomic mass is 35.5. The lowest BCUT2D eigenvalue weighted by molar-refractivity contribution is -0.131. The number of carbonyl (C=O) groups is 2. The highest BCUT2D eigenvalue weighted by molar-refractivity contribution is 5.85. The molecule has 2 aliphatic heterocycles. The number of carbonyl (C=O) groups excluding carboxylic acids is 2. The normalized spacial score (nSPS) is 26.4. The van der Waals surface area contributed by atoms with Gasteiger partial charge in [0.05, 0.1) is 19.6 Å². The SMILES string of the molecule is COc1ccccc1CC(=O)N1CCC(NC(=O)C2CC3CCCCC3N2)CC1.Cl. The molecule has 3 unspecified atom stereocenters. The number of likely N-dealkylation sites (tertiary alicyclic amines) is 1. The van der Waals surface area contributed by atoms with Crippen molar-refractivity contribution >= 4 is 24.2 Å². The zero-order valence-corrected chi connectivity index (χ0v) is 18.6. The van der Waals surface area contributed by atoms with Gasteiger partial charge in [-0.05, 0) is 44.1 Å². The molecule has 166 valence electrons. The van der Waals surface area contributed by atoms with E-state index in [0.29, 0.717) is 31.5 Å². The van der Waals surface area contributed by atoms with Crippen LogP contribution in [0, 0.1) is 5.92 Å². The molecule has 2 amide bonds. The van der Waals surface area contributed by atoms with E-state index in [2.05, 4.69) is 10.6 Å². The fraction of sp³-hybridized carbons (Fsp3) is 0.652. The summed E-state index contributed by atoms with van der Waals surface area (Å²) in [5, 5.41) is 6.80. The second-order valence-corrected chi connectivity index (χ2v) is 8.76. The quantitative estimate of drug-likeness (QED) is 0.746. The van der Waals surface area contributed by atoms with Gasteiger partial charge in [-0.2, -0.15) is 0 Å². The second kappa shape index (κ2) is 10.5. The number of amides is 2. The Kier molecular flexibility index (Phi) is 8.00. The highest BCUT2D eigenvalue weighted by Gasteiger charge is 2.38. The number of benzene rings is 1. The minimum atomic E-state index is -0.0340. The van der Waals surface area contributed by atoms with Crippen LogP contribution in [0.1, 0.15) is 50.5 Å². The Morgan fingerprint density at radius 2 is 1.87 bits per heavy atom. The molecular weight excluding hydrogens is 402 g/mol. The van der Waals surface area contributed by atoms with Crippen LogP contribution in [-0.2, 0) is 16.0 Å². The minimum absolute atomic E-state index is 0. The van der Waals surface area contributed by atoms with Crippen LogP contribution in [0.5, 0.6) is 5.75 Å². The maximum Gasteiger partial charge on any atom is 0.237 e. The predicted molar refractivity (Wildman–Crippen MR) is 119 cm³/mol. The first kappa shape index (κ1) is 22.9. The summed E-state index contributed by atoms with van der Waals surface area (Å²) in [6.45, 7) is 1.39. The predicted octanol–water partition coefficient (Wildman–Crippen LogP) is 2.69. The van der Waals surface area contributed by atoms with Crippen LogP contribution in [-0.4, -0.2) is 55.0 Å². The number of fused-ring (bicyclic) bond motifs is 1. The summed E-state index contributed by atoms with van der Waals surface area (Å²) in [7, 11) is 1.63. The van der Waals surface area contributed by atoms with Gasteiger partial charge in [0.1, 0.15) is 5.75 Å². The summed E-state index contributed by atoms with van der Waals surface area (Å²) in [5.41, 5.74) is 0.921. The average molecular weight is 436 g/mol. The Morgan fingerprint density at radius 3 is 2.60 bits per heavy atom. The summed E-state index contributed by atoms with van der Waals surface area (Å²) in [6.07, 6.45) is 8.03. The van der Waals surface area contributed by atoms with Crippen LogP contribution in [0.25, 0.3) is 0 Å².